The number of hydrogen-bond acceptors (Lipinski definition) is 6. The number of aromatic nitrogens is 2. The Morgan fingerprint density at radius 3 is 2.74 bits per heavy atom. The van der Waals surface area contributed by atoms with E-state index in [0.29, 0.717) is 12.6 Å². The van der Waals surface area contributed by atoms with Gasteiger partial charge in [0.05, 0.1) is 6.54 Å². The minimum atomic E-state index is 0.125. The molecule has 0 bridgehead atoms. The smallest absolute Gasteiger partial charge is 0.241 e. The van der Waals surface area contributed by atoms with Crippen LogP contribution in [-0.2, 0) is 4.79 Å². The summed E-state index contributed by atoms with van der Waals surface area (Å²) >= 11 is 0. The minimum absolute atomic E-state index is 0.125. The molecule has 1 aromatic heterocycles. The van der Waals surface area contributed by atoms with Gasteiger partial charge in [-0.25, -0.2) is 9.97 Å². The second kappa shape index (κ2) is 7.82. The molecule has 1 atom stereocenters. The number of likely N-dealkylation sites (N-methyl/N-ethyl adjacent to an activating group) is 1. The Kier molecular flexibility index (Phi) is 5.09. The van der Waals surface area contributed by atoms with Crippen LogP contribution < -0.4 is 15.1 Å². The van der Waals surface area contributed by atoms with Crippen LogP contribution in [-0.4, -0.2) is 66.6 Å². The number of rotatable bonds is 4. The Morgan fingerprint density at radius 1 is 1.07 bits per heavy atom. The van der Waals surface area contributed by atoms with Crippen LogP contribution in [0.1, 0.15) is 12.8 Å². The monoisotopic (exact) mass is 366 g/mol. The van der Waals surface area contributed by atoms with E-state index in [1.54, 1.807) is 11.2 Å². The van der Waals surface area contributed by atoms with Gasteiger partial charge in [0.2, 0.25) is 5.91 Å². The number of carbonyl (C=O) groups is 1. The Balaban J connectivity index is 1.41. The van der Waals surface area contributed by atoms with Crippen molar-refractivity contribution >= 4 is 23.2 Å². The first-order chi connectivity index (χ1) is 13.2. The van der Waals surface area contributed by atoms with E-state index in [1.807, 2.05) is 18.0 Å². The lowest BCUT2D eigenvalue weighted by Crippen LogP contribution is -2.48. The normalized spacial score (nSPS) is 20.7. The molecule has 4 rings (SSSR count). The zero-order valence-electron chi connectivity index (χ0n) is 15.7. The van der Waals surface area contributed by atoms with Gasteiger partial charge in [0.15, 0.2) is 0 Å². The molecular formula is C20H26N6O. The van der Waals surface area contributed by atoms with Gasteiger partial charge < -0.3 is 20.0 Å². The number of carbonyl (C=O) groups excluding carboxylic acids is 1. The molecule has 2 aliphatic heterocycles. The van der Waals surface area contributed by atoms with Crippen LogP contribution in [0.15, 0.2) is 42.7 Å². The molecule has 1 unspecified atom stereocenters. The molecule has 142 valence electrons. The van der Waals surface area contributed by atoms with Gasteiger partial charge in [-0.2, -0.15) is 0 Å². The number of hydrogen-bond donors (Lipinski definition) is 1. The molecule has 0 saturated carbocycles. The van der Waals surface area contributed by atoms with Gasteiger partial charge in [-0.1, -0.05) is 18.2 Å². The van der Waals surface area contributed by atoms with Crippen molar-refractivity contribution < 1.29 is 4.79 Å². The molecule has 7 nitrogen and oxygen atoms in total. The summed E-state index contributed by atoms with van der Waals surface area (Å²) in [6.07, 6.45) is 3.85. The largest absolute Gasteiger partial charge is 0.369 e. The third kappa shape index (κ3) is 4.13. The van der Waals surface area contributed by atoms with Crippen LogP contribution in [0.25, 0.3) is 0 Å². The molecule has 0 aliphatic carbocycles. The van der Waals surface area contributed by atoms with E-state index in [9.17, 15) is 4.79 Å². The highest BCUT2D eigenvalue weighted by Gasteiger charge is 2.23. The second-order valence-electron chi connectivity index (χ2n) is 7.26. The fraction of sp³-hybridized carbons (Fsp3) is 0.450. The topological polar surface area (TPSA) is 64.6 Å². The lowest BCUT2D eigenvalue weighted by Gasteiger charge is -2.35. The molecule has 3 heterocycles. The zero-order chi connectivity index (χ0) is 18.6. The summed E-state index contributed by atoms with van der Waals surface area (Å²) in [5.41, 5.74) is 1.27. The SMILES string of the molecule is CN1CCN(c2cc(NC3CCCN(c4ccccc4)C3)ncn2)CC1=O. The molecule has 27 heavy (non-hydrogen) atoms. The van der Waals surface area contributed by atoms with Crippen molar-refractivity contribution in [2.45, 2.75) is 18.9 Å². The highest BCUT2D eigenvalue weighted by atomic mass is 16.2. The van der Waals surface area contributed by atoms with Gasteiger partial charge in [0, 0.05) is 51.0 Å². The molecule has 2 saturated heterocycles. The van der Waals surface area contributed by atoms with E-state index in [0.717, 1.165) is 50.7 Å². The first-order valence-electron chi connectivity index (χ1n) is 9.56. The molecule has 1 aromatic carbocycles. The van der Waals surface area contributed by atoms with E-state index in [2.05, 4.69) is 50.5 Å². The number of benzene rings is 1. The second-order valence-corrected chi connectivity index (χ2v) is 7.26. The standard InChI is InChI=1S/C20H26N6O/c1-24-10-11-26(14-20(24)27)19-12-18(21-15-22-19)23-16-6-5-9-25(13-16)17-7-3-2-4-8-17/h2-4,7-8,12,15-16H,5-6,9-11,13-14H2,1H3,(H,21,22,23). The van der Waals surface area contributed by atoms with Crippen molar-refractivity contribution in [3.63, 3.8) is 0 Å². The van der Waals surface area contributed by atoms with Gasteiger partial charge >= 0.3 is 0 Å². The quantitative estimate of drug-likeness (QED) is 0.891. The number of piperazine rings is 1. The molecule has 7 heteroatoms. The molecular weight excluding hydrogens is 340 g/mol. The summed E-state index contributed by atoms with van der Waals surface area (Å²) < 4.78 is 0. The van der Waals surface area contributed by atoms with E-state index in [1.165, 1.54) is 5.69 Å². The van der Waals surface area contributed by atoms with Gasteiger partial charge in [-0.3, -0.25) is 4.79 Å². The number of anilines is 3. The van der Waals surface area contributed by atoms with E-state index in [-0.39, 0.29) is 5.91 Å². The first kappa shape index (κ1) is 17.6. The summed E-state index contributed by atoms with van der Waals surface area (Å²) in [6, 6.07) is 12.8. The zero-order valence-corrected chi connectivity index (χ0v) is 15.7. The summed E-state index contributed by atoms with van der Waals surface area (Å²) in [5, 5.41) is 3.57. The fourth-order valence-corrected chi connectivity index (χ4v) is 3.73. The Hall–Kier alpha value is -2.83. The van der Waals surface area contributed by atoms with Crippen molar-refractivity contribution in [1.29, 1.82) is 0 Å². The lowest BCUT2D eigenvalue weighted by atomic mass is 10.0. The molecule has 1 amide bonds. The molecule has 0 radical (unpaired) electrons. The number of amides is 1. The van der Waals surface area contributed by atoms with Gasteiger partial charge in [-0.15, -0.1) is 0 Å². The lowest BCUT2D eigenvalue weighted by molar-refractivity contribution is -0.129. The third-order valence-corrected chi connectivity index (χ3v) is 5.33. The Bertz CT molecular complexity index is 783. The summed E-state index contributed by atoms with van der Waals surface area (Å²) in [5.74, 6) is 1.76. The molecule has 0 spiro atoms. The third-order valence-electron chi connectivity index (χ3n) is 5.33. The Morgan fingerprint density at radius 2 is 1.93 bits per heavy atom. The van der Waals surface area contributed by atoms with E-state index >= 15 is 0 Å². The predicted octanol–water partition coefficient (Wildman–Crippen LogP) is 1.84. The van der Waals surface area contributed by atoms with Crippen LogP contribution in [0.4, 0.5) is 17.3 Å². The molecule has 1 N–H and O–H groups in total. The van der Waals surface area contributed by atoms with E-state index < -0.39 is 0 Å². The Labute approximate surface area is 160 Å². The van der Waals surface area contributed by atoms with Crippen molar-refractivity contribution in [3.8, 4) is 0 Å². The summed E-state index contributed by atoms with van der Waals surface area (Å²) in [4.78, 5) is 26.9. The highest BCUT2D eigenvalue weighted by Crippen LogP contribution is 2.22. The van der Waals surface area contributed by atoms with E-state index in [4.69, 9.17) is 0 Å². The first-order valence-corrected chi connectivity index (χ1v) is 9.56. The fourth-order valence-electron chi connectivity index (χ4n) is 3.73. The maximum absolute atomic E-state index is 12.0. The maximum Gasteiger partial charge on any atom is 0.241 e. The minimum Gasteiger partial charge on any atom is -0.369 e. The van der Waals surface area contributed by atoms with Crippen LogP contribution in [0.3, 0.4) is 0 Å². The number of nitrogens with one attached hydrogen (secondary N) is 1. The summed E-state index contributed by atoms with van der Waals surface area (Å²) in [7, 11) is 1.84. The average Bonchev–Trinajstić information content (AvgIpc) is 2.71. The van der Waals surface area contributed by atoms with Crippen molar-refractivity contribution in [1.82, 2.24) is 14.9 Å². The molecule has 2 fully saturated rings. The van der Waals surface area contributed by atoms with Crippen LogP contribution >= 0.6 is 0 Å². The maximum atomic E-state index is 12.0. The predicted molar refractivity (Wildman–Crippen MR) is 107 cm³/mol. The number of nitrogens with zero attached hydrogens (tertiary/aromatic N) is 5. The average molecular weight is 366 g/mol. The summed E-state index contributed by atoms with van der Waals surface area (Å²) in [6.45, 7) is 3.93. The van der Waals surface area contributed by atoms with Gasteiger partial charge in [-0.05, 0) is 25.0 Å². The van der Waals surface area contributed by atoms with Crippen LogP contribution in [0, 0.1) is 0 Å². The van der Waals surface area contributed by atoms with Crippen molar-refractivity contribution in [2.24, 2.45) is 0 Å². The van der Waals surface area contributed by atoms with Gasteiger partial charge in [0.1, 0.15) is 18.0 Å². The highest BCUT2D eigenvalue weighted by molar-refractivity contribution is 5.82. The van der Waals surface area contributed by atoms with Crippen LogP contribution in [0.5, 0.6) is 0 Å². The molecule has 2 aromatic rings. The number of para-hydroxylation sites is 1. The molecule has 2 aliphatic rings. The van der Waals surface area contributed by atoms with Crippen molar-refractivity contribution in [2.75, 3.05) is 54.9 Å². The number of piperidine rings is 1. The van der Waals surface area contributed by atoms with Crippen LogP contribution in [0.2, 0.25) is 0 Å². The van der Waals surface area contributed by atoms with Gasteiger partial charge in [0.25, 0.3) is 0 Å². The van der Waals surface area contributed by atoms with Crippen molar-refractivity contribution in [3.05, 3.63) is 42.7 Å².